The Kier molecular flexibility index (Phi) is 5.68. The lowest BCUT2D eigenvalue weighted by molar-refractivity contribution is 0.0846. The maximum atomic E-state index is 12.2. The van der Waals surface area contributed by atoms with Crippen molar-refractivity contribution in [3.8, 4) is 11.5 Å². The molecule has 1 heterocycles. The third kappa shape index (κ3) is 4.83. The van der Waals surface area contributed by atoms with Gasteiger partial charge in [0.2, 0.25) is 0 Å². The molecule has 3 rings (SSSR count). The molecule has 0 bridgehead atoms. The topological polar surface area (TPSA) is 80.3 Å². The molecule has 0 aliphatic rings. The fourth-order valence-electron chi connectivity index (χ4n) is 2.35. The number of aromatic nitrogens is 1. The number of hydrogen-bond acceptors (Lipinski definition) is 4. The monoisotopic (exact) mass is 381 g/mol. The van der Waals surface area contributed by atoms with E-state index in [0.717, 1.165) is 0 Å². The van der Waals surface area contributed by atoms with Gasteiger partial charge >= 0.3 is 0 Å². The smallest absolute Gasteiger partial charge is 0.269 e. The summed E-state index contributed by atoms with van der Waals surface area (Å²) in [4.78, 5) is 28.3. The van der Waals surface area contributed by atoms with Gasteiger partial charge in [0.1, 0.15) is 11.5 Å². The molecule has 0 fully saturated rings. The summed E-state index contributed by atoms with van der Waals surface area (Å²) in [6, 6.07) is 14.9. The molecule has 0 radical (unpaired) electrons. The lowest BCUT2D eigenvalue weighted by Gasteiger charge is -2.10. The van der Waals surface area contributed by atoms with Gasteiger partial charge in [-0.25, -0.2) is 0 Å². The maximum Gasteiger partial charge on any atom is 0.269 e. The Labute approximate surface area is 161 Å². The van der Waals surface area contributed by atoms with Crippen molar-refractivity contribution in [1.29, 1.82) is 0 Å². The lowest BCUT2D eigenvalue weighted by atomic mass is 10.1. The van der Waals surface area contributed by atoms with E-state index < -0.39 is 11.8 Å². The fraction of sp³-hybridized carbons (Fsp3) is 0.0500. The largest absolute Gasteiger partial charge is 0.457 e. The van der Waals surface area contributed by atoms with Crippen molar-refractivity contribution in [2.75, 3.05) is 0 Å². The molecule has 1 aromatic heterocycles. The summed E-state index contributed by atoms with van der Waals surface area (Å²) < 4.78 is 5.64. The van der Waals surface area contributed by atoms with E-state index in [2.05, 4.69) is 15.8 Å². The number of rotatable bonds is 4. The first-order valence-corrected chi connectivity index (χ1v) is 8.45. The van der Waals surface area contributed by atoms with Crippen LogP contribution in [0.1, 0.15) is 26.3 Å². The van der Waals surface area contributed by atoms with Crippen LogP contribution in [0, 0.1) is 6.92 Å². The van der Waals surface area contributed by atoms with Crippen molar-refractivity contribution in [3.05, 3.63) is 88.7 Å². The van der Waals surface area contributed by atoms with Crippen molar-refractivity contribution in [2.24, 2.45) is 0 Å². The molecule has 0 unspecified atom stereocenters. The van der Waals surface area contributed by atoms with Crippen molar-refractivity contribution in [2.45, 2.75) is 6.92 Å². The van der Waals surface area contributed by atoms with Gasteiger partial charge < -0.3 is 4.74 Å². The standard InChI is InChI=1S/C20H16ClN3O3/c1-13-12-15(21)4-7-18(13)20(26)24-23-19(25)14-2-5-16(6-3-14)27-17-8-10-22-11-9-17/h2-12H,1H3,(H,23,25)(H,24,26). The molecule has 6 nitrogen and oxygen atoms in total. The number of aryl methyl sites for hydroxylation is 1. The normalized spacial score (nSPS) is 10.1. The number of nitrogens with zero attached hydrogens (tertiary/aromatic N) is 1. The summed E-state index contributed by atoms with van der Waals surface area (Å²) in [5.41, 5.74) is 6.31. The second kappa shape index (κ2) is 8.33. The van der Waals surface area contributed by atoms with Crippen LogP contribution in [0.4, 0.5) is 0 Å². The van der Waals surface area contributed by atoms with Crippen LogP contribution in [-0.4, -0.2) is 16.8 Å². The molecule has 2 N–H and O–H groups in total. The van der Waals surface area contributed by atoms with Crippen LogP contribution in [0.3, 0.4) is 0 Å². The molecular weight excluding hydrogens is 366 g/mol. The first-order chi connectivity index (χ1) is 13.0. The molecular formula is C20H16ClN3O3. The summed E-state index contributed by atoms with van der Waals surface area (Å²) in [6.07, 6.45) is 3.25. The van der Waals surface area contributed by atoms with E-state index in [9.17, 15) is 9.59 Å². The number of nitrogens with one attached hydrogen (secondary N) is 2. The Morgan fingerprint density at radius 3 is 2.19 bits per heavy atom. The van der Waals surface area contributed by atoms with Crippen molar-refractivity contribution < 1.29 is 14.3 Å². The van der Waals surface area contributed by atoms with Crippen LogP contribution in [0.5, 0.6) is 11.5 Å². The zero-order chi connectivity index (χ0) is 19.2. The number of hydrazine groups is 1. The average Bonchev–Trinajstić information content (AvgIpc) is 2.67. The molecule has 136 valence electrons. The second-order valence-corrected chi connectivity index (χ2v) is 6.11. The minimum Gasteiger partial charge on any atom is -0.457 e. The van der Waals surface area contributed by atoms with E-state index >= 15 is 0 Å². The zero-order valence-electron chi connectivity index (χ0n) is 14.4. The molecule has 2 amide bonds. The summed E-state index contributed by atoms with van der Waals surface area (Å²) in [5.74, 6) is 0.368. The molecule has 3 aromatic rings. The first-order valence-electron chi connectivity index (χ1n) is 8.08. The Morgan fingerprint density at radius 2 is 1.52 bits per heavy atom. The number of halogens is 1. The average molecular weight is 382 g/mol. The fourth-order valence-corrected chi connectivity index (χ4v) is 2.58. The van der Waals surface area contributed by atoms with E-state index in [4.69, 9.17) is 16.3 Å². The number of ether oxygens (including phenoxy) is 1. The Hall–Kier alpha value is -3.38. The number of benzene rings is 2. The Balaban J connectivity index is 1.58. The van der Waals surface area contributed by atoms with Gasteiger partial charge in [0, 0.05) is 28.5 Å². The molecule has 7 heteroatoms. The highest BCUT2D eigenvalue weighted by molar-refractivity contribution is 6.30. The molecule has 2 aromatic carbocycles. The quantitative estimate of drug-likeness (QED) is 0.671. The first kappa shape index (κ1) is 18.4. The van der Waals surface area contributed by atoms with Crippen molar-refractivity contribution in [1.82, 2.24) is 15.8 Å². The van der Waals surface area contributed by atoms with Gasteiger partial charge in [-0.2, -0.15) is 0 Å². The van der Waals surface area contributed by atoms with Gasteiger partial charge in [0.05, 0.1) is 0 Å². The van der Waals surface area contributed by atoms with Gasteiger partial charge in [-0.1, -0.05) is 11.6 Å². The zero-order valence-corrected chi connectivity index (χ0v) is 15.2. The van der Waals surface area contributed by atoms with Crippen LogP contribution in [-0.2, 0) is 0 Å². The van der Waals surface area contributed by atoms with Gasteiger partial charge in [-0.15, -0.1) is 0 Å². The van der Waals surface area contributed by atoms with Crippen LogP contribution in [0.15, 0.2) is 67.0 Å². The van der Waals surface area contributed by atoms with Crippen molar-refractivity contribution >= 4 is 23.4 Å². The van der Waals surface area contributed by atoms with E-state index in [1.54, 1.807) is 73.9 Å². The van der Waals surface area contributed by atoms with Gasteiger partial charge in [-0.3, -0.25) is 25.4 Å². The third-order valence-corrected chi connectivity index (χ3v) is 3.96. The van der Waals surface area contributed by atoms with E-state index in [1.807, 2.05) is 0 Å². The van der Waals surface area contributed by atoms with Crippen LogP contribution < -0.4 is 15.6 Å². The van der Waals surface area contributed by atoms with Crippen LogP contribution in [0.25, 0.3) is 0 Å². The number of pyridine rings is 1. The van der Waals surface area contributed by atoms with E-state index in [1.165, 1.54) is 0 Å². The summed E-state index contributed by atoms with van der Waals surface area (Å²) in [7, 11) is 0. The summed E-state index contributed by atoms with van der Waals surface area (Å²) >= 11 is 5.88. The number of amides is 2. The molecule has 0 spiro atoms. The molecule has 0 aliphatic carbocycles. The molecule has 0 atom stereocenters. The Bertz CT molecular complexity index is 960. The minimum absolute atomic E-state index is 0.380. The van der Waals surface area contributed by atoms with Crippen molar-refractivity contribution in [3.63, 3.8) is 0 Å². The summed E-state index contributed by atoms with van der Waals surface area (Å²) in [5, 5.41) is 0.544. The number of hydrogen-bond donors (Lipinski definition) is 2. The number of carbonyl (C=O) groups is 2. The summed E-state index contributed by atoms with van der Waals surface area (Å²) in [6.45, 7) is 1.77. The maximum absolute atomic E-state index is 12.2. The highest BCUT2D eigenvalue weighted by Crippen LogP contribution is 2.20. The van der Waals surface area contributed by atoms with Crippen LogP contribution >= 0.6 is 11.6 Å². The highest BCUT2D eigenvalue weighted by atomic mass is 35.5. The number of carbonyl (C=O) groups excluding carboxylic acids is 2. The van der Waals surface area contributed by atoms with Crippen LogP contribution in [0.2, 0.25) is 5.02 Å². The van der Waals surface area contributed by atoms with Gasteiger partial charge in [-0.05, 0) is 67.1 Å². The lowest BCUT2D eigenvalue weighted by Crippen LogP contribution is -2.41. The predicted octanol–water partition coefficient (Wildman–Crippen LogP) is 3.91. The highest BCUT2D eigenvalue weighted by Gasteiger charge is 2.11. The molecule has 27 heavy (non-hydrogen) atoms. The molecule has 0 saturated carbocycles. The molecule has 0 aliphatic heterocycles. The minimum atomic E-state index is -0.439. The molecule has 0 saturated heterocycles. The van der Waals surface area contributed by atoms with Gasteiger partial charge in [0.15, 0.2) is 0 Å². The predicted molar refractivity (Wildman–Crippen MR) is 102 cm³/mol. The van der Waals surface area contributed by atoms with E-state index in [0.29, 0.717) is 33.2 Å². The SMILES string of the molecule is Cc1cc(Cl)ccc1C(=O)NNC(=O)c1ccc(Oc2ccncc2)cc1. The van der Waals surface area contributed by atoms with E-state index in [-0.39, 0.29) is 0 Å². The second-order valence-electron chi connectivity index (χ2n) is 5.68. The van der Waals surface area contributed by atoms with Gasteiger partial charge in [0.25, 0.3) is 11.8 Å². The Morgan fingerprint density at radius 1 is 0.889 bits per heavy atom. The third-order valence-electron chi connectivity index (χ3n) is 3.72.